The van der Waals surface area contributed by atoms with Crippen molar-refractivity contribution in [3.8, 4) is 5.75 Å². The first-order chi connectivity index (χ1) is 13.8. The Hall–Kier alpha value is -2.83. The molecule has 7 heteroatoms. The number of primary amides is 1. The van der Waals surface area contributed by atoms with E-state index in [0.717, 1.165) is 17.9 Å². The fourth-order valence-corrected chi connectivity index (χ4v) is 3.89. The molecule has 1 aliphatic heterocycles. The Bertz CT molecular complexity index is 847. The Morgan fingerprint density at radius 2 is 2.00 bits per heavy atom. The topological polar surface area (TPSA) is 90.5 Å². The largest absolute Gasteiger partial charge is 0.490 e. The number of aryl methyl sites for hydroxylation is 1. The average Bonchev–Trinajstić information content (AvgIpc) is 3.02. The van der Waals surface area contributed by atoms with Crippen molar-refractivity contribution in [2.75, 3.05) is 13.1 Å². The number of nitrogens with two attached hydrogens (primary N) is 1. The molecule has 0 saturated carbocycles. The maximum atomic E-state index is 13.1. The molecule has 156 valence electrons. The fraction of sp³-hybridized carbons (Fsp3) is 0.500. The molecule has 1 aromatic heterocycles. The molecule has 1 saturated heterocycles. The van der Waals surface area contributed by atoms with Gasteiger partial charge in [0.05, 0.1) is 5.69 Å². The van der Waals surface area contributed by atoms with E-state index in [-0.39, 0.29) is 30.3 Å². The number of piperidine rings is 1. The Morgan fingerprint density at radius 1 is 1.28 bits per heavy atom. The van der Waals surface area contributed by atoms with Gasteiger partial charge in [-0.2, -0.15) is 5.10 Å². The van der Waals surface area contributed by atoms with Crippen LogP contribution in [0.2, 0.25) is 0 Å². The molecular weight excluding hydrogens is 368 g/mol. The van der Waals surface area contributed by atoms with Gasteiger partial charge in [-0.15, -0.1) is 0 Å². The third kappa shape index (κ3) is 5.37. The third-order valence-corrected chi connectivity index (χ3v) is 5.21. The summed E-state index contributed by atoms with van der Waals surface area (Å²) < 4.78 is 7.76. The number of amides is 2. The van der Waals surface area contributed by atoms with E-state index in [1.165, 1.54) is 0 Å². The van der Waals surface area contributed by atoms with Crippen LogP contribution < -0.4 is 10.5 Å². The van der Waals surface area contributed by atoms with Crippen molar-refractivity contribution in [3.05, 3.63) is 47.8 Å². The van der Waals surface area contributed by atoms with Gasteiger partial charge in [0.25, 0.3) is 5.91 Å². The minimum absolute atomic E-state index is 0.0670. The smallest absolute Gasteiger partial charge is 0.272 e. The summed E-state index contributed by atoms with van der Waals surface area (Å²) in [6.07, 6.45) is 1.51. The van der Waals surface area contributed by atoms with E-state index in [1.54, 1.807) is 16.6 Å². The number of hydrogen-bond acceptors (Lipinski definition) is 4. The minimum Gasteiger partial charge on any atom is -0.490 e. The number of likely N-dealkylation sites (tertiary alicyclic amines) is 1. The molecule has 1 aromatic carbocycles. The van der Waals surface area contributed by atoms with Gasteiger partial charge in [0.1, 0.15) is 17.5 Å². The van der Waals surface area contributed by atoms with Crippen LogP contribution in [0.4, 0.5) is 0 Å². The number of benzene rings is 1. The Balaban J connectivity index is 1.72. The van der Waals surface area contributed by atoms with E-state index < -0.39 is 0 Å². The highest BCUT2D eigenvalue weighted by atomic mass is 16.5. The third-order valence-electron chi connectivity index (χ3n) is 5.21. The van der Waals surface area contributed by atoms with Crippen molar-refractivity contribution < 1.29 is 14.3 Å². The van der Waals surface area contributed by atoms with Gasteiger partial charge in [-0.1, -0.05) is 32.0 Å². The number of nitrogens with zero attached hydrogens (tertiary/aromatic N) is 3. The standard InChI is InChI=1S/C22H30N4O3/c1-15(2)11-17-13-19(25(3)24-17)22(28)26-10-9-20(16(14-26)12-21(23)27)29-18-7-5-4-6-8-18/h4-8,13,15-16,20H,9-12,14H2,1-3H3,(H2,23,27)/t16-,20-/m0/s1. The summed E-state index contributed by atoms with van der Waals surface area (Å²) in [4.78, 5) is 26.5. The molecule has 2 N–H and O–H groups in total. The number of ether oxygens (including phenoxy) is 1. The summed E-state index contributed by atoms with van der Waals surface area (Å²) in [6.45, 7) is 5.25. The van der Waals surface area contributed by atoms with Crippen LogP contribution in [0, 0.1) is 11.8 Å². The summed E-state index contributed by atoms with van der Waals surface area (Å²) in [7, 11) is 1.79. The molecule has 2 aromatic rings. The molecule has 3 rings (SSSR count). The van der Waals surface area contributed by atoms with Crippen LogP contribution in [0.1, 0.15) is 42.9 Å². The molecular formula is C22H30N4O3. The maximum absolute atomic E-state index is 13.1. The monoisotopic (exact) mass is 398 g/mol. The van der Waals surface area contributed by atoms with E-state index in [9.17, 15) is 9.59 Å². The van der Waals surface area contributed by atoms with Crippen molar-refractivity contribution in [1.82, 2.24) is 14.7 Å². The van der Waals surface area contributed by atoms with Crippen LogP contribution in [0.3, 0.4) is 0 Å². The van der Waals surface area contributed by atoms with Crippen LogP contribution in [-0.2, 0) is 18.3 Å². The van der Waals surface area contributed by atoms with Crippen LogP contribution in [0.5, 0.6) is 5.75 Å². The van der Waals surface area contributed by atoms with E-state index in [0.29, 0.717) is 31.1 Å². The van der Waals surface area contributed by atoms with Gasteiger partial charge < -0.3 is 15.4 Å². The van der Waals surface area contributed by atoms with Crippen LogP contribution >= 0.6 is 0 Å². The lowest BCUT2D eigenvalue weighted by Crippen LogP contribution is -2.49. The van der Waals surface area contributed by atoms with Crippen molar-refractivity contribution >= 4 is 11.8 Å². The zero-order chi connectivity index (χ0) is 21.0. The molecule has 0 radical (unpaired) electrons. The number of hydrogen-bond donors (Lipinski definition) is 1. The minimum atomic E-state index is -0.384. The summed E-state index contributed by atoms with van der Waals surface area (Å²) in [6, 6.07) is 11.4. The van der Waals surface area contributed by atoms with Crippen molar-refractivity contribution in [2.24, 2.45) is 24.6 Å². The zero-order valence-corrected chi connectivity index (χ0v) is 17.4. The number of aromatic nitrogens is 2. The number of para-hydroxylation sites is 1. The van der Waals surface area contributed by atoms with Crippen LogP contribution in [0.15, 0.2) is 36.4 Å². The summed E-state index contributed by atoms with van der Waals surface area (Å²) in [5, 5.41) is 4.48. The van der Waals surface area contributed by atoms with E-state index in [2.05, 4.69) is 18.9 Å². The zero-order valence-electron chi connectivity index (χ0n) is 17.4. The molecule has 1 fully saturated rings. The van der Waals surface area contributed by atoms with E-state index in [4.69, 9.17) is 10.5 Å². The first kappa shape index (κ1) is 20.9. The predicted molar refractivity (Wildman–Crippen MR) is 110 cm³/mol. The number of carbonyl (C=O) groups excluding carboxylic acids is 2. The quantitative estimate of drug-likeness (QED) is 0.775. The summed E-state index contributed by atoms with van der Waals surface area (Å²) in [5.41, 5.74) is 6.96. The second-order valence-corrected chi connectivity index (χ2v) is 8.18. The molecule has 29 heavy (non-hydrogen) atoms. The SMILES string of the molecule is CC(C)Cc1cc(C(=O)N2CC[C@H](Oc3ccccc3)[C@@H](CC(N)=O)C2)n(C)n1. The Labute approximate surface area is 171 Å². The molecule has 2 heterocycles. The molecule has 1 aliphatic rings. The van der Waals surface area contributed by atoms with Gasteiger partial charge in [0, 0.05) is 38.9 Å². The first-order valence-corrected chi connectivity index (χ1v) is 10.2. The highest BCUT2D eigenvalue weighted by Crippen LogP contribution is 2.26. The van der Waals surface area contributed by atoms with Gasteiger partial charge in [0.15, 0.2) is 0 Å². The highest BCUT2D eigenvalue weighted by molar-refractivity contribution is 5.92. The molecule has 7 nitrogen and oxygen atoms in total. The van der Waals surface area contributed by atoms with E-state index in [1.807, 2.05) is 36.4 Å². The van der Waals surface area contributed by atoms with Gasteiger partial charge in [-0.25, -0.2) is 0 Å². The normalized spacial score (nSPS) is 19.4. The van der Waals surface area contributed by atoms with Crippen molar-refractivity contribution in [3.63, 3.8) is 0 Å². The van der Waals surface area contributed by atoms with Crippen LogP contribution in [0.25, 0.3) is 0 Å². The second-order valence-electron chi connectivity index (χ2n) is 8.18. The lowest BCUT2D eigenvalue weighted by molar-refractivity contribution is -0.120. The van der Waals surface area contributed by atoms with Gasteiger partial charge in [-0.3, -0.25) is 14.3 Å². The maximum Gasteiger partial charge on any atom is 0.272 e. The summed E-state index contributed by atoms with van der Waals surface area (Å²) >= 11 is 0. The molecule has 0 bridgehead atoms. The fourth-order valence-electron chi connectivity index (χ4n) is 3.89. The van der Waals surface area contributed by atoms with Gasteiger partial charge >= 0.3 is 0 Å². The molecule has 0 spiro atoms. The molecule has 2 amide bonds. The average molecular weight is 399 g/mol. The summed E-state index contributed by atoms with van der Waals surface area (Å²) in [5.74, 6) is 0.637. The predicted octanol–water partition coefficient (Wildman–Crippen LogP) is 2.40. The molecule has 0 unspecified atom stereocenters. The van der Waals surface area contributed by atoms with Crippen molar-refractivity contribution in [1.29, 1.82) is 0 Å². The molecule has 2 atom stereocenters. The number of carbonyl (C=O) groups is 2. The molecule has 0 aliphatic carbocycles. The second kappa shape index (κ2) is 9.11. The first-order valence-electron chi connectivity index (χ1n) is 10.2. The van der Waals surface area contributed by atoms with Crippen molar-refractivity contribution in [2.45, 2.75) is 39.2 Å². The lowest BCUT2D eigenvalue weighted by Gasteiger charge is -2.38. The Morgan fingerprint density at radius 3 is 2.66 bits per heavy atom. The Kier molecular flexibility index (Phi) is 6.56. The van der Waals surface area contributed by atoms with Gasteiger partial charge in [0.2, 0.25) is 5.91 Å². The number of rotatable bonds is 7. The lowest BCUT2D eigenvalue weighted by atomic mass is 9.91. The van der Waals surface area contributed by atoms with Gasteiger partial charge in [-0.05, 0) is 30.5 Å². The van der Waals surface area contributed by atoms with E-state index >= 15 is 0 Å². The highest BCUT2D eigenvalue weighted by Gasteiger charge is 2.35. The van der Waals surface area contributed by atoms with Crippen LogP contribution in [-0.4, -0.2) is 45.7 Å².